The van der Waals surface area contributed by atoms with Gasteiger partial charge in [0.15, 0.2) is 0 Å². The molecule has 0 heterocycles. The molecule has 0 saturated heterocycles. The lowest BCUT2D eigenvalue weighted by atomic mass is 10.2. The molecule has 2 aromatic carbocycles. The number of hydrogen-bond acceptors (Lipinski definition) is 3. The molecule has 0 spiro atoms. The zero-order valence-electron chi connectivity index (χ0n) is 14.5. The third kappa shape index (κ3) is 5.22. The fraction of sp³-hybridized carbons (Fsp3) is 0.263. The van der Waals surface area contributed by atoms with Crippen LogP contribution in [0.5, 0.6) is 5.75 Å². The van der Waals surface area contributed by atoms with Gasteiger partial charge in [-0.05, 0) is 48.9 Å². The molecule has 0 aromatic heterocycles. The Labute approximate surface area is 152 Å². The van der Waals surface area contributed by atoms with Gasteiger partial charge < -0.3 is 15.0 Å². The van der Waals surface area contributed by atoms with E-state index >= 15 is 0 Å². The molecule has 0 unspecified atom stereocenters. The van der Waals surface area contributed by atoms with Gasteiger partial charge in [-0.25, -0.2) is 0 Å². The summed E-state index contributed by atoms with van der Waals surface area (Å²) in [6.07, 6.45) is 0.166. The number of halogens is 1. The second kappa shape index (κ2) is 8.53. The maximum atomic E-state index is 12.3. The van der Waals surface area contributed by atoms with E-state index in [0.29, 0.717) is 22.1 Å². The largest absolute Gasteiger partial charge is 0.495 e. The topological polar surface area (TPSA) is 58.6 Å². The van der Waals surface area contributed by atoms with Crippen molar-refractivity contribution in [2.75, 3.05) is 23.9 Å². The number of carbonyl (C=O) groups is 2. The molecule has 0 atom stereocenters. The average Bonchev–Trinajstić information content (AvgIpc) is 2.56. The van der Waals surface area contributed by atoms with Gasteiger partial charge >= 0.3 is 0 Å². The van der Waals surface area contributed by atoms with E-state index in [1.165, 1.54) is 6.92 Å². The summed E-state index contributed by atoms with van der Waals surface area (Å²) in [6, 6.07) is 12.5. The Kier molecular flexibility index (Phi) is 6.42. The van der Waals surface area contributed by atoms with E-state index < -0.39 is 0 Å². The van der Waals surface area contributed by atoms with Crippen LogP contribution in [0.4, 0.5) is 11.4 Å². The molecule has 2 amide bonds. The van der Waals surface area contributed by atoms with E-state index in [4.69, 9.17) is 16.3 Å². The summed E-state index contributed by atoms with van der Waals surface area (Å²) in [5.41, 5.74) is 2.34. The number of anilines is 2. The Balaban J connectivity index is 2.03. The lowest BCUT2D eigenvalue weighted by Gasteiger charge is -2.21. The minimum atomic E-state index is -0.191. The highest BCUT2D eigenvalue weighted by atomic mass is 35.5. The van der Waals surface area contributed by atoms with Crippen molar-refractivity contribution in [3.05, 3.63) is 53.1 Å². The second-order valence-corrected chi connectivity index (χ2v) is 6.09. The molecule has 0 fully saturated rings. The van der Waals surface area contributed by atoms with Crippen LogP contribution in [-0.2, 0) is 9.59 Å². The van der Waals surface area contributed by atoms with Gasteiger partial charge in [-0.1, -0.05) is 17.7 Å². The maximum Gasteiger partial charge on any atom is 0.226 e. The fourth-order valence-corrected chi connectivity index (χ4v) is 2.56. The number of nitrogens with zero attached hydrogens (tertiary/aromatic N) is 1. The minimum Gasteiger partial charge on any atom is -0.495 e. The molecule has 0 radical (unpaired) electrons. The number of ether oxygens (including phenoxy) is 1. The third-order valence-corrected chi connectivity index (χ3v) is 3.96. The van der Waals surface area contributed by atoms with Crippen LogP contribution in [0.1, 0.15) is 18.9 Å². The van der Waals surface area contributed by atoms with E-state index in [2.05, 4.69) is 5.32 Å². The molecule has 2 rings (SSSR count). The fourth-order valence-electron chi connectivity index (χ4n) is 2.43. The SMILES string of the molecule is COc1ccc(C)cc1NC(=O)CCN(C(C)=O)c1ccc(Cl)cc1. The van der Waals surface area contributed by atoms with E-state index in [1.807, 2.05) is 19.1 Å². The monoisotopic (exact) mass is 360 g/mol. The standard InChI is InChI=1S/C19H21ClN2O3/c1-13-4-9-18(25-3)17(12-13)21-19(24)10-11-22(14(2)23)16-7-5-15(20)6-8-16/h4-9,12H,10-11H2,1-3H3,(H,21,24). The first-order valence-corrected chi connectivity index (χ1v) is 8.26. The van der Waals surface area contributed by atoms with Crippen LogP contribution in [0.3, 0.4) is 0 Å². The smallest absolute Gasteiger partial charge is 0.226 e. The van der Waals surface area contributed by atoms with Gasteiger partial charge in [-0.3, -0.25) is 9.59 Å². The van der Waals surface area contributed by atoms with Crippen molar-refractivity contribution in [3.8, 4) is 5.75 Å². The van der Waals surface area contributed by atoms with Crippen LogP contribution < -0.4 is 15.0 Å². The Morgan fingerprint density at radius 3 is 2.44 bits per heavy atom. The number of hydrogen-bond donors (Lipinski definition) is 1. The summed E-state index contributed by atoms with van der Waals surface area (Å²) in [6.45, 7) is 3.68. The summed E-state index contributed by atoms with van der Waals surface area (Å²) in [5, 5.41) is 3.43. The molecule has 6 heteroatoms. The maximum absolute atomic E-state index is 12.3. The highest BCUT2D eigenvalue weighted by Crippen LogP contribution is 2.25. The summed E-state index contributed by atoms with van der Waals surface area (Å²) in [4.78, 5) is 25.7. The van der Waals surface area contributed by atoms with Crippen LogP contribution in [0.15, 0.2) is 42.5 Å². The molecule has 132 valence electrons. The number of rotatable bonds is 6. The lowest BCUT2D eigenvalue weighted by Crippen LogP contribution is -2.31. The predicted octanol–water partition coefficient (Wildman–Crippen LogP) is 4.04. The van der Waals surface area contributed by atoms with Crippen molar-refractivity contribution >= 4 is 34.8 Å². The second-order valence-electron chi connectivity index (χ2n) is 5.65. The Morgan fingerprint density at radius 2 is 1.84 bits per heavy atom. The summed E-state index contributed by atoms with van der Waals surface area (Å²) in [5.74, 6) is 0.271. The Morgan fingerprint density at radius 1 is 1.16 bits per heavy atom. The zero-order chi connectivity index (χ0) is 18.4. The number of methoxy groups -OCH3 is 1. The van der Waals surface area contributed by atoms with E-state index in [0.717, 1.165) is 5.56 Å². The molecular formula is C19H21ClN2O3. The van der Waals surface area contributed by atoms with Crippen LogP contribution >= 0.6 is 11.6 Å². The number of aryl methyl sites for hydroxylation is 1. The first-order chi connectivity index (χ1) is 11.9. The average molecular weight is 361 g/mol. The molecule has 0 saturated carbocycles. The van der Waals surface area contributed by atoms with Crippen molar-refractivity contribution in [1.82, 2.24) is 0 Å². The van der Waals surface area contributed by atoms with Crippen LogP contribution in [0, 0.1) is 6.92 Å². The van der Waals surface area contributed by atoms with Crippen molar-refractivity contribution in [2.45, 2.75) is 20.3 Å². The van der Waals surface area contributed by atoms with Crippen molar-refractivity contribution in [3.63, 3.8) is 0 Å². The molecule has 0 aliphatic heterocycles. The van der Waals surface area contributed by atoms with Gasteiger partial charge in [-0.15, -0.1) is 0 Å². The van der Waals surface area contributed by atoms with Gasteiger partial charge in [0.05, 0.1) is 12.8 Å². The number of carbonyl (C=O) groups excluding carboxylic acids is 2. The highest BCUT2D eigenvalue weighted by Gasteiger charge is 2.14. The Bertz CT molecular complexity index is 760. The number of benzene rings is 2. The third-order valence-electron chi connectivity index (χ3n) is 3.71. The quantitative estimate of drug-likeness (QED) is 0.845. The van der Waals surface area contributed by atoms with Gasteiger partial charge in [0, 0.05) is 30.6 Å². The number of nitrogens with one attached hydrogen (secondary N) is 1. The van der Waals surface area contributed by atoms with Gasteiger partial charge in [0.25, 0.3) is 0 Å². The van der Waals surface area contributed by atoms with E-state index in [1.54, 1.807) is 42.3 Å². The van der Waals surface area contributed by atoms with E-state index in [9.17, 15) is 9.59 Å². The number of amides is 2. The van der Waals surface area contributed by atoms with Crippen LogP contribution in [-0.4, -0.2) is 25.5 Å². The molecular weight excluding hydrogens is 340 g/mol. The molecule has 2 aromatic rings. The first kappa shape index (κ1) is 18.8. The van der Waals surface area contributed by atoms with Gasteiger partial charge in [0.1, 0.15) is 5.75 Å². The van der Waals surface area contributed by atoms with Gasteiger partial charge in [-0.2, -0.15) is 0 Å². The molecule has 0 bridgehead atoms. The van der Waals surface area contributed by atoms with Gasteiger partial charge in [0.2, 0.25) is 11.8 Å². The van der Waals surface area contributed by atoms with Crippen molar-refractivity contribution in [2.24, 2.45) is 0 Å². The van der Waals surface area contributed by atoms with Crippen LogP contribution in [0.2, 0.25) is 5.02 Å². The van der Waals surface area contributed by atoms with Crippen molar-refractivity contribution < 1.29 is 14.3 Å². The molecule has 5 nitrogen and oxygen atoms in total. The first-order valence-electron chi connectivity index (χ1n) is 7.89. The molecule has 25 heavy (non-hydrogen) atoms. The van der Waals surface area contributed by atoms with E-state index in [-0.39, 0.29) is 24.8 Å². The minimum absolute atomic E-state index is 0.136. The molecule has 0 aliphatic rings. The highest BCUT2D eigenvalue weighted by molar-refractivity contribution is 6.30. The van der Waals surface area contributed by atoms with Crippen molar-refractivity contribution in [1.29, 1.82) is 0 Å². The van der Waals surface area contributed by atoms with Crippen LogP contribution in [0.25, 0.3) is 0 Å². The molecule has 0 aliphatic carbocycles. The summed E-state index contributed by atoms with van der Waals surface area (Å²) >= 11 is 5.88. The summed E-state index contributed by atoms with van der Waals surface area (Å²) < 4.78 is 5.25. The normalized spacial score (nSPS) is 10.2. The zero-order valence-corrected chi connectivity index (χ0v) is 15.3. The summed E-state index contributed by atoms with van der Waals surface area (Å²) in [7, 11) is 1.55. The Hall–Kier alpha value is -2.53. The lowest BCUT2D eigenvalue weighted by molar-refractivity contribution is -0.117. The predicted molar refractivity (Wildman–Crippen MR) is 100 cm³/mol. The molecule has 1 N–H and O–H groups in total.